The summed E-state index contributed by atoms with van der Waals surface area (Å²) in [4.78, 5) is 14.7. The van der Waals surface area contributed by atoms with Gasteiger partial charge in [-0.3, -0.25) is 10.1 Å². The minimum atomic E-state index is -0.509. The molecule has 0 unspecified atom stereocenters. The Morgan fingerprint density at radius 1 is 1.29 bits per heavy atom. The Kier molecular flexibility index (Phi) is 5.10. The summed E-state index contributed by atoms with van der Waals surface area (Å²) in [7, 11) is 0. The number of aromatic nitrogens is 1. The maximum absolute atomic E-state index is 11.0. The third-order valence-corrected chi connectivity index (χ3v) is 3.15. The summed E-state index contributed by atoms with van der Waals surface area (Å²) in [6, 6.07) is 9.96. The number of ether oxygens (including phenoxy) is 1. The summed E-state index contributed by atoms with van der Waals surface area (Å²) in [5.41, 5.74) is -0.167. The van der Waals surface area contributed by atoms with Crippen LogP contribution in [0.3, 0.4) is 0 Å². The summed E-state index contributed by atoms with van der Waals surface area (Å²) in [6.45, 7) is 2.76. The Labute approximate surface area is 130 Å². The van der Waals surface area contributed by atoms with E-state index in [9.17, 15) is 10.1 Å². The Hall–Kier alpha value is -2.15. The van der Waals surface area contributed by atoms with Gasteiger partial charge in [0.05, 0.1) is 4.92 Å². The Morgan fingerprint density at radius 3 is 2.62 bits per heavy atom. The van der Waals surface area contributed by atoms with Crippen LogP contribution in [0, 0.1) is 10.1 Å². The second-order valence-electron chi connectivity index (χ2n) is 4.26. The van der Waals surface area contributed by atoms with E-state index < -0.39 is 4.92 Å². The highest BCUT2D eigenvalue weighted by atomic mass is 79.9. The number of hydrogen-bond donors (Lipinski definition) is 1. The number of pyridine rings is 1. The van der Waals surface area contributed by atoms with Crippen molar-refractivity contribution in [3.63, 3.8) is 0 Å². The van der Waals surface area contributed by atoms with E-state index in [4.69, 9.17) is 4.74 Å². The molecule has 1 heterocycles. The van der Waals surface area contributed by atoms with Gasteiger partial charge in [0.15, 0.2) is 0 Å². The van der Waals surface area contributed by atoms with Gasteiger partial charge in [-0.1, -0.05) is 22.9 Å². The van der Waals surface area contributed by atoms with Gasteiger partial charge < -0.3 is 10.1 Å². The molecule has 0 bridgehead atoms. The minimum Gasteiger partial charge on any atom is -0.434 e. The molecule has 0 saturated carbocycles. The number of nitrogens with zero attached hydrogens (tertiary/aromatic N) is 2. The van der Waals surface area contributed by atoms with Gasteiger partial charge in [0.2, 0.25) is 0 Å². The Bertz CT molecular complexity index is 632. The van der Waals surface area contributed by atoms with Gasteiger partial charge in [-0.15, -0.1) is 0 Å². The molecule has 0 aliphatic carbocycles. The molecule has 0 aliphatic rings. The predicted octanol–water partition coefficient (Wildman–Crippen LogP) is 4.37. The smallest absolute Gasteiger partial charge is 0.331 e. The first-order chi connectivity index (χ1) is 10.1. The van der Waals surface area contributed by atoms with E-state index in [0.717, 1.165) is 17.4 Å². The van der Waals surface area contributed by atoms with Crippen molar-refractivity contribution >= 4 is 27.4 Å². The molecule has 7 heteroatoms. The van der Waals surface area contributed by atoms with Crippen molar-refractivity contribution in [1.82, 2.24) is 4.98 Å². The van der Waals surface area contributed by atoms with Crippen LogP contribution in [0.15, 0.2) is 40.9 Å². The lowest BCUT2D eigenvalue weighted by Gasteiger charge is -2.08. The Balaban J connectivity index is 2.29. The molecule has 2 rings (SSSR count). The number of nitrogens with one attached hydrogen (secondary N) is 1. The maximum Gasteiger partial charge on any atom is 0.331 e. The van der Waals surface area contributed by atoms with Crippen molar-refractivity contribution in [3.05, 3.63) is 51.0 Å². The van der Waals surface area contributed by atoms with Gasteiger partial charge in [-0.05, 0) is 36.8 Å². The summed E-state index contributed by atoms with van der Waals surface area (Å²) < 4.78 is 6.43. The predicted molar refractivity (Wildman–Crippen MR) is 83.9 cm³/mol. The van der Waals surface area contributed by atoms with Crippen LogP contribution in [0.5, 0.6) is 11.6 Å². The van der Waals surface area contributed by atoms with Crippen molar-refractivity contribution < 1.29 is 9.66 Å². The van der Waals surface area contributed by atoms with Gasteiger partial charge in [0.1, 0.15) is 11.6 Å². The van der Waals surface area contributed by atoms with Crippen LogP contribution in [0.4, 0.5) is 11.5 Å². The molecule has 6 nitrogen and oxygen atoms in total. The largest absolute Gasteiger partial charge is 0.434 e. The molecule has 110 valence electrons. The van der Waals surface area contributed by atoms with Crippen LogP contribution in [0.1, 0.15) is 13.3 Å². The van der Waals surface area contributed by atoms with Gasteiger partial charge in [0, 0.05) is 17.1 Å². The number of halogens is 1. The average molecular weight is 352 g/mol. The standard InChI is InChI=1S/C14H14BrN3O3/c1-2-9-16-13-8-7-12(18(19)20)14(17-13)21-11-5-3-10(15)4-6-11/h3-8H,2,9H2,1H3,(H,16,17). The zero-order valence-corrected chi connectivity index (χ0v) is 13.0. The van der Waals surface area contributed by atoms with Crippen LogP contribution in [0.25, 0.3) is 0 Å². The average Bonchev–Trinajstić information content (AvgIpc) is 2.47. The molecule has 2 aromatic rings. The highest BCUT2D eigenvalue weighted by Gasteiger charge is 2.18. The van der Waals surface area contributed by atoms with Gasteiger partial charge in [-0.2, -0.15) is 4.98 Å². The van der Waals surface area contributed by atoms with E-state index in [1.54, 1.807) is 30.3 Å². The van der Waals surface area contributed by atoms with Gasteiger partial charge >= 0.3 is 11.6 Å². The van der Waals surface area contributed by atoms with Crippen molar-refractivity contribution in [1.29, 1.82) is 0 Å². The number of anilines is 1. The maximum atomic E-state index is 11.0. The lowest BCUT2D eigenvalue weighted by atomic mass is 10.3. The second-order valence-corrected chi connectivity index (χ2v) is 5.18. The van der Waals surface area contributed by atoms with Gasteiger partial charge in [0.25, 0.3) is 0 Å². The summed E-state index contributed by atoms with van der Waals surface area (Å²) >= 11 is 3.32. The molecule has 21 heavy (non-hydrogen) atoms. The van der Waals surface area contributed by atoms with Crippen LogP contribution < -0.4 is 10.1 Å². The molecule has 0 fully saturated rings. The summed E-state index contributed by atoms with van der Waals surface area (Å²) in [5, 5.41) is 14.1. The number of nitro groups is 1. The molecule has 0 spiro atoms. The fraction of sp³-hybridized carbons (Fsp3) is 0.214. The molecule has 1 aromatic heterocycles. The van der Waals surface area contributed by atoms with Crippen LogP contribution in [0.2, 0.25) is 0 Å². The zero-order valence-electron chi connectivity index (χ0n) is 11.4. The molecule has 0 saturated heterocycles. The van der Waals surface area contributed by atoms with Gasteiger partial charge in [-0.25, -0.2) is 0 Å². The number of hydrogen-bond acceptors (Lipinski definition) is 5. The van der Waals surface area contributed by atoms with Crippen LogP contribution in [-0.4, -0.2) is 16.5 Å². The van der Waals surface area contributed by atoms with Crippen molar-refractivity contribution in [2.24, 2.45) is 0 Å². The fourth-order valence-electron chi connectivity index (χ4n) is 1.61. The molecule has 0 aliphatic heterocycles. The molecule has 0 radical (unpaired) electrons. The first-order valence-electron chi connectivity index (χ1n) is 6.43. The number of benzene rings is 1. The molecule has 0 atom stereocenters. The highest BCUT2D eigenvalue weighted by molar-refractivity contribution is 9.10. The number of rotatable bonds is 6. The van der Waals surface area contributed by atoms with E-state index in [0.29, 0.717) is 11.6 Å². The third kappa shape index (κ3) is 4.16. The van der Waals surface area contributed by atoms with E-state index in [1.807, 2.05) is 6.92 Å². The molecule has 1 aromatic carbocycles. The monoisotopic (exact) mass is 351 g/mol. The molecule has 1 N–H and O–H groups in total. The lowest BCUT2D eigenvalue weighted by molar-refractivity contribution is -0.386. The van der Waals surface area contributed by atoms with Crippen LogP contribution >= 0.6 is 15.9 Å². The lowest BCUT2D eigenvalue weighted by Crippen LogP contribution is -2.04. The first kappa shape index (κ1) is 15.2. The molecular formula is C14H14BrN3O3. The quantitative estimate of drug-likeness (QED) is 0.617. The molecule has 0 amide bonds. The normalized spacial score (nSPS) is 10.2. The second kappa shape index (κ2) is 7.03. The molecular weight excluding hydrogens is 338 g/mol. The summed E-state index contributed by atoms with van der Waals surface area (Å²) in [5.74, 6) is 1.01. The summed E-state index contributed by atoms with van der Waals surface area (Å²) in [6.07, 6.45) is 0.932. The minimum absolute atomic E-state index is 0.0246. The Morgan fingerprint density at radius 2 is 2.00 bits per heavy atom. The highest BCUT2D eigenvalue weighted by Crippen LogP contribution is 2.31. The van der Waals surface area contributed by atoms with Crippen molar-refractivity contribution in [2.75, 3.05) is 11.9 Å². The third-order valence-electron chi connectivity index (χ3n) is 2.62. The fourth-order valence-corrected chi connectivity index (χ4v) is 1.88. The van der Waals surface area contributed by atoms with E-state index in [1.165, 1.54) is 6.07 Å². The topological polar surface area (TPSA) is 77.3 Å². The van der Waals surface area contributed by atoms with E-state index >= 15 is 0 Å². The van der Waals surface area contributed by atoms with Crippen molar-refractivity contribution in [3.8, 4) is 11.6 Å². The zero-order chi connectivity index (χ0) is 15.2. The van der Waals surface area contributed by atoms with E-state index in [-0.39, 0.29) is 11.6 Å². The van der Waals surface area contributed by atoms with Crippen molar-refractivity contribution in [2.45, 2.75) is 13.3 Å². The SMILES string of the molecule is CCCNc1ccc([N+](=O)[O-])c(Oc2ccc(Br)cc2)n1. The first-order valence-corrected chi connectivity index (χ1v) is 7.22. The van der Waals surface area contributed by atoms with Crippen LogP contribution in [-0.2, 0) is 0 Å². The van der Waals surface area contributed by atoms with E-state index in [2.05, 4.69) is 26.2 Å².